The smallest absolute Gasteiger partial charge is 0.122 e. The van der Waals surface area contributed by atoms with Crippen LogP contribution < -0.4 is 16.2 Å². The minimum Gasteiger partial charge on any atom is -0.496 e. The molecule has 0 unspecified atom stereocenters. The van der Waals surface area contributed by atoms with Crippen molar-refractivity contribution in [1.29, 1.82) is 0 Å². The summed E-state index contributed by atoms with van der Waals surface area (Å²) >= 11 is 5.78. The van der Waals surface area contributed by atoms with E-state index in [0.29, 0.717) is 0 Å². The molecule has 0 atom stereocenters. The van der Waals surface area contributed by atoms with Crippen LogP contribution in [0.4, 0.5) is 11.4 Å². The normalized spacial score (nSPS) is 9.88. The van der Waals surface area contributed by atoms with E-state index in [4.69, 9.17) is 16.2 Å². The molecule has 3 aromatic carbocycles. The number of ether oxygens (including phenoxy) is 1. The zero-order valence-corrected chi connectivity index (χ0v) is 16.0. The standard InChI is InChI=1S/C14H15NOS.C6H7NS/c1-10-3-6-13(9-14(10)16-2)17-12-7-4-11(15)5-8-12;7-5-1-3-6(8)4-2-5/h3-9H,15H2,1-2H3;1-4,8H,7H2. The third-order valence-corrected chi connectivity index (χ3v) is 4.68. The van der Waals surface area contributed by atoms with Crippen molar-refractivity contribution >= 4 is 35.8 Å². The highest BCUT2D eigenvalue weighted by Crippen LogP contribution is 2.31. The molecule has 0 heterocycles. The van der Waals surface area contributed by atoms with Crippen LogP contribution >= 0.6 is 24.4 Å². The summed E-state index contributed by atoms with van der Waals surface area (Å²) in [5.41, 5.74) is 13.8. The number of benzene rings is 3. The van der Waals surface area contributed by atoms with Crippen LogP contribution in [0.15, 0.2) is 81.4 Å². The zero-order valence-electron chi connectivity index (χ0n) is 14.3. The molecule has 0 amide bonds. The molecule has 0 aliphatic rings. The van der Waals surface area contributed by atoms with Gasteiger partial charge < -0.3 is 16.2 Å². The van der Waals surface area contributed by atoms with Crippen molar-refractivity contribution in [2.75, 3.05) is 18.6 Å². The number of aryl methyl sites for hydroxylation is 1. The lowest BCUT2D eigenvalue weighted by Crippen LogP contribution is -1.87. The summed E-state index contributed by atoms with van der Waals surface area (Å²) in [5.74, 6) is 0.922. The number of hydrogen-bond donors (Lipinski definition) is 3. The van der Waals surface area contributed by atoms with Gasteiger partial charge in [-0.25, -0.2) is 0 Å². The van der Waals surface area contributed by atoms with Gasteiger partial charge in [0.05, 0.1) is 7.11 Å². The van der Waals surface area contributed by atoms with Crippen molar-refractivity contribution in [3.05, 3.63) is 72.3 Å². The Balaban J connectivity index is 0.000000236. The Kier molecular flexibility index (Phi) is 7.10. The molecule has 0 saturated heterocycles. The predicted molar refractivity (Wildman–Crippen MR) is 111 cm³/mol. The van der Waals surface area contributed by atoms with E-state index < -0.39 is 0 Å². The van der Waals surface area contributed by atoms with Crippen molar-refractivity contribution < 1.29 is 4.74 Å². The lowest BCUT2D eigenvalue weighted by Gasteiger charge is -2.07. The molecule has 130 valence electrons. The first-order valence-electron chi connectivity index (χ1n) is 7.70. The molecule has 3 aromatic rings. The zero-order chi connectivity index (χ0) is 18.2. The number of rotatable bonds is 3. The van der Waals surface area contributed by atoms with Crippen LogP contribution in [0.25, 0.3) is 0 Å². The first-order chi connectivity index (χ1) is 12.0. The van der Waals surface area contributed by atoms with Crippen molar-refractivity contribution in [3.63, 3.8) is 0 Å². The molecule has 0 saturated carbocycles. The van der Waals surface area contributed by atoms with E-state index in [-0.39, 0.29) is 0 Å². The second-order valence-electron chi connectivity index (χ2n) is 5.39. The molecule has 0 aliphatic carbocycles. The fourth-order valence-corrected chi connectivity index (χ4v) is 3.01. The molecule has 0 spiro atoms. The largest absolute Gasteiger partial charge is 0.496 e. The predicted octanol–water partition coefficient (Wildman–Crippen LogP) is 5.29. The minimum atomic E-state index is 0.780. The highest BCUT2D eigenvalue weighted by molar-refractivity contribution is 7.99. The number of anilines is 2. The van der Waals surface area contributed by atoms with Crippen molar-refractivity contribution in [1.82, 2.24) is 0 Å². The molecule has 3 rings (SSSR count). The molecule has 0 fully saturated rings. The molecular formula is C20H22N2OS2. The van der Waals surface area contributed by atoms with Crippen LogP contribution in [0, 0.1) is 6.92 Å². The summed E-state index contributed by atoms with van der Waals surface area (Å²) in [6.45, 7) is 2.04. The van der Waals surface area contributed by atoms with Crippen LogP contribution in [-0.4, -0.2) is 7.11 Å². The monoisotopic (exact) mass is 370 g/mol. The molecule has 0 bridgehead atoms. The average Bonchev–Trinajstić information content (AvgIpc) is 2.62. The van der Waals surface area contributed by atoms with Crippen LogP contribution in [0.3, 0.4) is 0 Å². The SMILES string of the molecule is COc1cc(Sc2ccc(N)cc2)ccc1C.Nc1ccc(S)cc1. The highest BCUT2D eigenvalue weighted by atomic mass is 32.2. The fraction of sp³-hybridized carbons (Fsp3) is 0.100. The molecule has 5 heteroatoms. The Morgan fingerprint density at radius 1 is 0.800 bits per heavy atom. The Hall–Kier alpha value is -2.24. The summed E-state index contributed by atoms with van der Waals surface area (Å²) in [6, 6.07) is 21.4. The Morgan fingerprint density at radius 2 is 1.32 bits per heavy atom. The van der Waals surface area contributed by atoms with E-state index in [2.05, 4.69) is 30.8 Å². The van der Waals surface area contributed by atoms with E-state index in [1.807, 2.05) is 55.5 Å². The maximum absolute atomic E-state index is 5.66. The second-order valence-corrected chi connectivity index (χ2v) is 7.06. The van der Waals surface area contributed by atoms with Crippen molar-refractivity contribution in [2.45, 2.75) is 21.6 Å². The highest BCUT2D eigenvalue weighted by Gasteiger charge is 2.02. The van der Waals surface area contributed by atoms with Gasteiger partial charge in [-0.2, -0.15) is 0 Å². The number of nitrogen functional groups attached to an aromatic ring is 2. The van der Waals surface area contributed by atoms with E-state index in [9.17, 15) is 0 Å². The molecular weight excluding hydrogens is 348 g/mol. The summed E-state index contributed by atoms with van der Waals surface area (Å²) in [7, 11) is 1.69. The Bertz CT molecular complexity index is 782. The van der Waals surface area contributed by atoms with Crippen LogP contribution in [0.1, 0.15) is 5.56 Å². The van der Waals surface area contributed by atoms with Gasteiger partial charge in [-0.05, 0) is 73.2 Å². The quantitative estimate of drug-likeness (QED) is 0.433. The number of thiol groups is 1. The van der Waals surface area contributed by atoms with Gasteiger partial charge in [0.15, 0.2) is 0 Å². The van der Waals surface area contributed by atoms with Gasteiger partial charge in [0.1, 0.15) is 5.75 Å². The van der Waals surface area contributed by atoms with E-state index in [1.54, 1.807) is 18.9 Å². The first kappa shape index (κ1) is 19.1. The summed E-state index contributed by atoms with van der Waals surface area (Å²) in [6.07, 6.45) is 0. The van der Waals surface area contributed by atoms with Gasteiger partial charge in [0.25, 0.3) is 0 Å². The second kappa shape index (κ2) is 9.30. The Labute approximate surface area is 158 Å². The number of nitrogens with two attached hydrogens (primary N) is 2. The summed E-state index contributed by atoms with van der Waals surface area (Å²) in [5, 5.41) is 0. The van der Waals surface area contributed by atoms with Gasteiger partial charge in [0, 0.05) is 26.1 Å². The van der Waals surface area contributed by atoms with Gasteiger partial charge >= 0.3 is 0 Å². The molecule has 0 aromatic heterocycles. The van der Waals surface area contributed by atoms with Gasteiger partial charge in [0.2, 0.25) is 0 Å². The average molecular weight is 371 g/mol. The summed E-state index contributed by atoms with van der Waals surface area (Å²) in [4.78, 5) is 3.28. The third kappa shape index (κ3) is 6.29. The maximum Gasteiger partial charge on any atom is 0.122 e. The molecule has 25 heavy (non-hydrogen) atoms. The lowest BCUT2D eigenvalue weighted by atomic mass is 10.2. The topological polar surface area (TPSA) is 61.3 Å². The minimum absolute atomic E-state index is 0.780. The first-order valence-corrected chi connectivity index (χ1v) is 8.97. The molecule has 0 aliphatic heterocycles. The fourth-order valence-electron chi connectivity index (χ4n) is 2.01. The molecule has 4 N–H and O–H groups in total. The maximum atomic E-state index is 5.66. The summed E-state index contributed by atoms with van der Waals surface area (Å²) < 4.78 is 5.31. The van der Waals surface area contributed by atoms with Gasteiger partial charge in [-0.15, -0.1) is 12.6 Å². The van der Waals surface area contributed by atoms with Crippen molar-refractivity contribution in [3.8, 4) is 5.75 Å². The number of methoxy groups -OCH3 is 1. The molecule has 3 nitrogen and oxygen atoms in total. The van der Waals surface area contributed by atoms with Crippen LogP contribution in [0.5, 0.6) is 5.75 Å². The van der Waals surface area contributed by atoms with Gasteiger partial charge in [-0.3, -0.25) is 0 Å². The van der Waals surface area contributed by atoms with E-state index in [0.717, 1.165) is 32.5 Å². The third-order valence-electron chi connectivity index (χ3n) is 3.39. The Morgan fingerprint density at radius 3 is 1.84 bits per heavy atom. The molecule has 0 radical (unpaired) electrons. The van der Waals surface area contributed by atoms with Crippen LogP contribution in [-0.2, 0) is 0 Å². The van der Waals surface area contributed by atoms with Gasteiger partial charge in [-0.1, -0.05) is 17.8 Å². The van der Waals surface area contributed by atoms with E-state index in [1.165, 1.54) is 4.90 Å². The van der Waals surface area contributed by atoms with Crippen LogP contribution in [0.2, 0.25) is 0 Å². The van der Waals surface area contributed by atoms with Crippen molar-refractivity contribution in [2.24, 2.45) is 0 Å². The van der Waals surface area contributed by atoms with E-state index >= 15 is 0 Å². The number of hydrogen-bond acceptors (Lipinski definition) is 5. The lowest BCUT2D eigenvalue weighted by molar-refractivity contribution is 0.410.